The molecule has 0 saturated heterocycles. The second-order valence-corrected chi connectivity index (χ2v) is 5.94. The van der Waals surface area contributed by atoms with Crippen LogP contribution >= 0.6 is 11.8 Å². The normalized spacial score (nSPS) is 14.7. The van der Waals surface area contributed by atoms with Crippen molar-refractivity contribution < 1.29 is 9.90 Å². The summed E-state index contributed by atoms with van der Waals surface area (Å²) in [5.41, 5.74) is -0.0312. The SMILES string of the molecule is O=C(O)c1cn(CCSc2nnc3n2CCCCC3)nn1. The Labute approximate surface area is 125 Å². The Hall–Kier alpha value is -1.90. The Kier molecular flexibility index (Phi) is 4.18. The Morgan fingerprint density at radius 3 is 3.00 bits per heavy atom. The van der Waals surface area contributed by atoms with Gasteiger partial charge in [-0.3, -0.25) is 4.68 Å². The lowest BCUT2D eigenvalue weighted by molar-refractivity contribution is 0.0690. The van der Waals surface area contributed by atoms with E-state index in [1.165, 1.54) is 30.1 Å². The monoisotopic (exact) mass is 308 g/mol. The van der Waals surface area contributed by atoms with E-state index in [-0.39, 0.29) is 5.69 Å². The Morgan fingerprint density at radius 1 is 1.29 bits per heavy atom. The molecule has 0 aromatic carbocycles. The van der Waals surface area contributed by atoms with Crippen LogP contribution in [0.15, 0.2) is 11.4 Å². The molecule has 0 spiro atoms. The third-order valence-corrected chi connectivity index (χ3v) is 4.33. The van der Waals surface area contributed by atoms with Gasteiger partial charge in [-0.25, -0.2) is 4.79 Å². The highest BCUT2D eigenvalue weighted by Crippen LogP contribution is 2.21. The standard InChI is InChI=1S/C12H16N6O2S/c19-11(20)9-8-17(16-13-9)6-7-21-12-15-14-10-4-2-1-3-5-18(10)12/h8H,1-7H2,(H,19,20). The first-order valence-corrected chi connectivity index (χ1v) is 7.91. The number of carboxylic acids is 1. The second kappa shape index (κ2) is 6.25. The van der Waals surface area contributed by atoms with E-state index < -0.39 is 5.97 Å². The van der Waals surface area contributed by atoms with Crippen LogP contribution in [0.1, 0.15) is 35.6 Å². The van der Waals surface area contributed by atoms with Gasteiger partial charge in [0.05, 0.1) is 12.7 Å². The zero-order valence-corrected chi connectivity index (χ0v) is 12.3. The van der Waals surface area contributed by atoms with E-state index in [0.717, 1.165) is 29.7 Å². The van der Waals surface area contributed by atoms with E-state index in [9.17, 15) is 4.79 Å². The summed E-state index contributed by atoms with van der Waals surface area (Å²) in [5, 5.41) is 25.6. The molecular weight excluding hydrogens is 292 g/mol. The summed E-state index contributed by atoms with van der Waals surface area (Å²) in [7, 11) is 0. The highest BCUT2D eigenvalue weighted by molar-refractivity contribution is 7.99. The third-order valence-electron chi connectivity index (χ3n) is 3.38. The molecule has 3 heterocycles. The van der Waals surface area contributed by atoms with Crippen LogP contribution in [0.5, 0.6) is 0 Å². The minimum atomic E-state index is -1.06. The molecule has 0 unspecified atom stereocenters. The molecule has 2 aromatic heterocycles. The molecule has 0 radical (unpaired) electrons. The van der Waals surface area contributed by atoms with Crippen molar-refractivity contribution >= 4 is 17.7 Å². The molecule has 0 aliphatic carbocycles. The number of hydrogen-bond donors (Lipinski definition) is 1. The smallest absolute Gasteiger partial charge is 0.358 e. The quantitative estimate of drug-likeness (QED) is 0.825. The van der Waals surface area contributed by atoms with E-state index in [0.29, 0.717) is 6.54 Å². The number of fused-ring (bicyclic) bond motifs is 1. The van der Waals surface area contributed by atoms with Gasteiger partial charge < -0.3 is 9.67 Å². The Balaban J connectivity index is 1.58. The fraction of sp³-hybridized carbons (Fsp3) is 0.583. The first-order valence-electron chi connectivity index (χ1n) is 6.92. The van der Waals surface area contributed by atoms with Crippen LogP contribution in [-0.4, -0.2) is 46.6 Å². The molecular formula is C12H16N6O2S. The van der Waals surface area contributed by atoms with Gasteiger partial charge in [0.25, 0.3) is 0 Å². The topological polar surface area (TPSA) is 98.7 Å². The highest BCUT2D eigenvalue weighted by atomic mass is 32.2. The molecule has 0 saturated carbocycles. The minimum absolute atomic E-state index is 0.0312. The first-order chi connectivity index (χ1) is 10.2. The van der Waals surface area contributed by atoms with Gasteiger partial charge in [0.1, 0.15) is 5.82 Å². The summed E-state index contributed by atoms with van der Waals surface area (Å²) in [4.78, 5) is 10.7. The zero-order valence-electron chi connectivity index (χ0n) is 11.5. The predicted molar refractivity (Wildman–Crippen MR) is 75.3 cm³/mol. The van der Waals surface area contributed by atoms with Crippen LogP contribution in [0, 0.1) is 0 Å². The van der Waals surface area contributed by atoms with Crippen molar-refractivity contribution in [2.75, 3.05) is 5.75 Å². The first kappa shape index (κ1) is 14.1. The number of aryl methyl sites for hydroxylation is 2. The van der Waals surface area contributed by atoms with Crippen molar-refractivity contribution in [3.05, 3.63) is 17.7 Å². The van der Waals surface area contributed by atoms with Gasteiger partial charge in [0.15, 0.2) is 10.9 Å². The maximum absolute atomic E-state index is 10.7. The van der Waals surface area contributed by atoms with Gasteiger partial charge >= 0.3 is 5.97 Å². The average Bonchev–Trinajstić information content (AvgIpc) is 3.01. The molecule has 2 aromatic rings. The summed E-state index contributed by atoms with van der Waals surface area (Å²) >= 11 is 1.62. The van der Waals surface area contributed by atoms with Gasteiger partial charge in [-0.2, -0.15) is 0 Å². The van der Waals surface area contributed by atoms with Crippen molar-refractivity contribution in [2.45, 2.75) is 43.9 Å². The summed E-state index contributed by atoms with van der Waals surface area (Å²) in [5.74, 6) is 0.765. The number of thioether (sulfide) groups is 1. The molecule has 0 atom stereocenters. The van der Waals surface area contributed by atoms with Crippen LogP contribution in [0.25, 0.3) is 0 Å². The molecule has 1 aliphatic heterocycles. The van der Waals surface area contributed by atoms with Gasteiger partial charge in [-0.1, -0.05) is 23.4 Å². The molecule has 0 amide bonds. The fourth-order valence-electron chi connectivity index (χ4n) is 2.30. The van der Waals surface area contributed by atoms with E-state index in [4.69, 9.17) is 5.11 Å². The van der Waals surface area contributed by atoms with Crippen LogP contribution in [0.4, 0.5) is 0 Å². The summed E-state index contributed by atoms with van der Waals surface area (Å²) in [6.45, 7) is 1.57. The molecule has 8 nitrogen and oxygen atoms in total. The van der Waals surface area contributed by atoms with Crippen LogP contribution in [0.2, 0.25) is 0 Å². The predicted octanol–water partition coefficient (Wildman–Crippen LogP) is 1.09. The summed E-state index contributed by atoms with van der Waals surface area (Å²) in [6, 6.07) is 0. The fourth-order valence-corrected chi connectivity index (χ4v) is 3.21. The number of hydrogen-bond acceptors (Lipinski definition) is 6. The van der Waals surface area contributed by atoms with Crippen LogP contribution < -0.4 is 0 Å². The largest absolute Gasteiger partial charge is 0.476 e. The molecule has 3 rings (SSSR count). The molecule has 0 fully saturated rings. The molecule has 21 heavy (non-hydrogen) atoms. The van der Waals surface area contributed by atoms with Gasteiger partial charge in [0, 0.05) is 18.7 Å². The van der Waals surface area contributed by atoms with E-state index >= 15 is 0 Å². The molecule has 112 valence electrons. The van der Waals surface area contributed by atoms with E-state index in [1.807, 2.05) is 0 Å². The van der Waals surface area contributed by atoms with Gasteiger partial charge in [-0.15, -0.1) is 15.3 Å². The van der Waals surface area contributed by atoms with E-state index in [2.05, 4.69) is 25.1 Å². The number of carboxylic acid groups (broad SMARTS) is 1. The Bertz CT molecular complexity index is 637. The summed E-state index contributed by atoms with van der Waals surface area (Å²) < 4.78 is 3.73. The number of aromatic nitrogens is 6. The molecule has 1 aliphatic rings. The molecule has 0 bridgehead atoms. The van der Waals surface area contributed by atoms with Crippen molar-refractivity contribution in [3.8, 4) is 0 Å². The number of nitrogens with zero attached hydrogens (tertiary/aromatic N) is 6. The molecule has 9 heteroatoms. The number of carbonyl (C=O) groups is 1. The number of rotatable bonds is 5. The lowest BCUT2D eigenvalue weighted by Crippen LogP contribution is -2.05. The second-order valence-electron chi connectivity index (χ2n) is 4.88. The van der Waals surface area contributed by atoms with Crippen molar-refractivity contribution in [3.63, 3.8) is 0 Å². The summed E-state index contributed by atoms with van der Waals surface area (Å²) in [6.07, 6.45) is 6.03. The van der Waals surface area contributed by atoms with Crippen molar-refractivity contribution in [2.24, 2.45) is 0 Å². The zero-order chi connectivity index (χ0) is 14.7. The minimum Gasteiger partial charge on any atom is -0.476 e. The number of aromatic carboxylic acids is 1. The van der Waals surface area contributed by atoms with E-state index in [1.54, 1.807) is 11.8 Å². The third kappa shape index (κ3) is 3.23. The maximum Gasteiger partial charge on any atom is 0.358 e. The van der Waals surface area contributed by atoms with Gasteiger partial charge in [0.2, 0.25) is 0 Å². The van der Waals surface area contributed by atoms with Crippen LogP contribution in [-0.2, 0) is 19.5 Å². The average molecular weight is 308 g/mol. The van der Waals surface area contributed by atoms with Gasteiger partial charge in [-0.05, 0) is 12.8 Å². The lowest BCUT2D eigenvalue weighted by atomic mass is 10.2. The highest BCUT2D eigenvalue weighted by Gasteiger charge is 2.15. The van der Waals surface area contributed by atoms with Crippen molar-refractivity contribution in [1.82, 2.24) is 29.8 Å². The van der Waals surface area contributed by atoms with Crippen LogP contribution in [0.3, 0.4) is 0 Å². The maximum atomic E-state index is 10.7. The van der Waals surface area contributed by atoms with Crippen molar-refractivity contribution in [1.29, 1.82) is 0 Å². The lowest BCUT2D eigenvalue weighted by Gasteiger charge is -2.06. The molecule has 1 N–H and O–H groups in total. The Morgan fingerprint density at radius 2 is 2.19 bits per heavy atom.